The van der Waals surface area contributed by atoms with Gasteiger partial charge in [0.1, 0.15) is 19.0 Å². The Labute approximate surface area is 437 Å². The number of fused-ring (bicyclic) bond motifs is 8. The Morgan fingerprint density at radius 2 is 1.01 bits per heavy atom. The summed E-state index contributed by atoms with van der Waals surface area (Å²) in [6, 6.07) is 46.0. The smallest absolute Gasteiger partial charge is 0.264 e. The highest BCUT2D eigenvalue weighted by atomic mass is 32.2. The third-order valence-electron chi connectivity index (χ3n) is 13.2. The van der Waals surface area contributed by atoms with Crippen LogP contribution in [0.4, 0.5) is 22.7 Å². The molecule has 0 bridgehead atoms. The monoisotopic (exact) mass is 1030 g/mol. The SMILES string of the molecule is CCc1cccc(COS(C)(=O)=O)c1.COc1cc2c(cc1OCc1cccc(COc3cc4c(cc3C)C(=O)N3c5ccccc5C[C@H]3C=N4)c1)N=C[C@@H]1Cc3ccccc3N1C2=O.OCc1cccc(CO)c1. The van der Waals surface area contributed by atoms with E-state index in [1.54, 1.807) is 25.3 Å². The molecule has 2 N–H and O–H groups in total. The molecule has 4 aliphatic rings. The summed E-state index contributed by atoms with van der Waals surface area (Å²) in [6.45, 7) is 4.79. The number of para-hydroxylation sites is 2. The number of hydrogen-bond donors (Lipinski definition) is 2. The van der Waals surface area contributed by atoms with Gasteiger partial charge in [0.15, 0.2) is 11.5 Å². The molecule has 2 amide bonds. The summed E-state index contributed by atoms with van der Waals surface area (Å²) in [5.41, 5.74) is 12.9. The highest BCUT2D eigenvalue weighted by Gasteiger charge is 2.38. The molecular formula is C60H58N4O10S. The van der Waals surface area contributed by atoms with E-state index in [0.29, 0.717) is 46.4 Å². The van der Waals surface area contributed by atoms with E-state index < -0.39 is 10.1 Å². The van der Waals surface area contributed by atoms with Crippen molar-refractivity contribution in [2.45, 2.75) is 78.2 Å². The van der Waals surface area contributed by atoms with Gasteiger partial charge in [-0.3, -0.25) is 33.6 Å². The fraction of sp³-hybridized carbons (Fsp3) is 0.233. The van der Waals surface area contributed by atoms with Gasteiger partial charge in [-0.2, -0.15) is 8.42 Å². The first-order valence-corrected chi connectivity index (χ1v) is 26.5. The Morgan fingerprint density at radius 1 is 0.560 bits per heavy atom. The average Bonchev–Trinajstić information content (AvgIpc) is 3.96. The number of ether oxygens (including phenoxy) is 3. The van der Waals surface area contributed by atoms with Crippen LogP contribution in [0, 0.1) is 6.92 Å². The number of carbonyl (C=O) groups excluding carboxylic acids is 2. The number of carbonyl (C=O) groups is 2. The van der Waals surface area contributed by atoms with Crippen molar-refractivity contribution in [3.05, 3.63) is 207 Å². The largest absolute Gasteiger partial charge is 0.493 e. The molecule has 14 nitrogen and oxygen atoms in total. The third kappa shape index (κ3) is 12.0. The molecule has 7 aromatic rings. The van der Waals surface area contributed by atoms with Gasteiger partial charge in [0.25, 0.3) is 21.9 Å². The van der Waals surface area contributed by atoms with E-state index >= 15 is 0 Å². The predicted molar refractivity (Wildman–Crippen MR) is 291 cm³/mol. The summed E-state index contributed by atoms with van der Waals surface area (Å²) >= 11 is 0. The molecule has 0 aliphatic carbocycles. The molecule has 11 rings (SSSR count). The average molecular weight is 1030 g/mol. The summed E-state index contributed by atoms with van der Waals surface area (Å²) in [4.78, 5) is 40.6. The first-order valence-electron chi connectivity index (χ1n) is 24.7. The quantitative estimate of drug-likeness (QED) is 0.106. The third-order valence-corrected chi connectivity index (χ3v) is 13.8. The van der Waals surface area contributed by atoms with Gasteiger partial charge in [-0.05, 0) is 93.7 Å². The topological polar surface area (TPSA) is 177 Å². The maximum atomic E-state index is 13.8. The van der Waals surface area contributed by atoms with E-state index in [9.17, 15) is 18.0 Å². The van der Waals surface area contributed by atoms with Crippen molar-refractivity contribution in [2.75, 3.05) is 23.2 Å². The number of anilines is 2. The molecule has 4 heterocycles. The second-order valence-electron chi connectivity index (χ2n) is 18.5. The number of aliphatic hydroxyl groups excluding tert-OH is 2. The summed E-state index contributed by atoms with van der Waals surface area (Å²) in [7, 11) is -1.77. The van der Waals surface area contributed by atoms with Crippen LogP contribution >= 0.6 is 0 Å². The van der Waals surface area contributed by atoms with Crippen LogP contribution in [0.25, 0.3) is 0 Å². The first kappa shape index (κ1) is 51.9. The molecule has 15 heteroatoms. The fourth-order valence-corrected chi connectivity index (χ4v) is 9.81. The molecule has 4 aliphatic heterocycles. The highest BCUT2D eigenvalue weighted by molar-refractivity contribution is 7.85. The molecule has 0 aromatic heterocycles. The van der Waals surface area contributed by atoms with Crippen LogP contribution < -0.4 is 24.0 Å². The van der Waals surface area contributed by atoms with Crippen LogP contribution in [0.3, 0.4) is 0 Å². The van der Waals surface area contributed by atoms with E-state index in [1.807, 2.05) is 144 Å². The Bertz CT molecular complexity index is 3410. The minimum absolute atomic E-state index is 0.0356. The summed E-state index contributed by atoms with van der Waals surface area (Å²) in [5, 5.41) is 17.4. The summed E-state index contributed by atoms with van der Waals surface area (Å²) < 4.78 is 44.4. The number of hydrogen-bond acceptors (Lipinski definition) is 12. The number of nitrogens with zero attached hydrogens (tertiary/aromatic N) is 4. The Balaban J connectivity index is 0.000000236. The van der Waals surface area contributed by atoms with Gasteiger partial charge in [-0.1, -0.05) is 110 Å². The second-order valence-corrected chi connectivity index (χ2v) is 20.2. The zero-order valence-corrected chi connectivity index (χ0v) is 43.0. The number of aryl methyl sites for hydroxylation is 2. The van der Waals surface area contributed by atoms with Crippen LogP contribution in [0.15, 0.2) is 156 Å². The molecule has 0 unspecified atom stereocenters. The minimum atomic E-state index is -3.34. The van der Waals surface area contributed by atoms with E-state index in [2.05, 4.69) is 23.2 Å². The molecule has 75 heavy (non-hydrogen) atoms. The lowest BCUT2D eigenvalue weighted by atomic mass is 10.1. The lowest BCUT2D eigenvalue weighted by Gasteiger charge is -2.22. The highest BCUT2D eigenvalue weighted by Crippen LogP contribution is 2.42. The summed E-state index contributed by atoms with van der Waals surface area (Å²) in [5.74, 6) is 1.49. The van der Waals surface area contributed by atoms with Gasteiger partial charge >= 0.3 is 0 Å². The lowest BCUT2D eigenvalue weighted by molar-refractivity contribution is 0.0979. The molecule has 384 valence electrons. The van der Waals surface area contributed by atoms with Crippen molar-refractivity contribution < 1.29 is 46.6 Å². The molecular weight excluding hydrogens is 969 g/mol. The Kier molecular flexibility index (Phi) is 16.0. The maximum absolute atomic E-state index is 13.8. The van der Waals surface area contributed by atoms with E-state index in [0.717, 1.165) is 81.4 Å². The molecule has 0 spiro atoms. The van der Waals surface area contributed by atoms with Gasteiger partial charge in [0, 0.05) is 48.8 Å². The van der Waals surface area contributed by atoms with Gasteiger partial charge in [0.2, 0.25) is 0 Å². The van der Waals surface area contributed by atoms with Crippen LogP contribution in [0.1, 0.15) is 77.7 Å². The zero-order valence-electron chi connectivity index (χ0n) is 42.2. The predicted octanol–water partition coefficient (Wildman–Crippen LogP) is 10.1. The van der Waals surface area contributed by atoms with Crippen LogP contribution in [-0.2, 0) is 66.6 Å². The molecule has 7 aromatic carbocycles. The molecule has 0 fully saturated rings. The van der Waals surface area contributed by atoms with E-state index in [4.69, 9.17) is 34.4 Å². The minimum Gasteiger partial charge on any atom is -0.493 e. The normalized spacial score (nSPS) is 15.6. The van der Waals surface area contributed by atoms with Gasteiger partial charge < -0.3 is 24.4 Å². The number of methoxy groups -OCH3 is 1. The van der Waals surface area contributed by atoms with Crippen molar-refractivity contribution in [3.8, 4) is 17.2 Å². The number of amides is 2. The van der Waals surface area contributed by atoms with Crippen LogP contribution in [0.5, 0.6) is 17.2 Å². The van der Waals surface area contributed by atoms with Crippen molar-refractivity contribution in [1.29, 1.82) is 0 Å². The van der Waals surface area contributed by atoms with E-state index in [-0.39, 0.29) is 50.3 Å². The van der Waals surface area contributed by atoms with Crippen molar-refractivity contribution >= 4 is 57.1 Å². The molecule has 0 saturated carbocycles. The van der Waals surface area contributed by atoms with Crippen molar-refractivity contribution in [2.24, 2.45) is 9.98 Å². The van der Waals surface area contributed by atoms with E-state index in [1.165, 1.54) is 5.56 Å². The van der Waals surface area contributed by atoms with Gasteiger partial charge in [0.05, 0.1) is 67.8 Å². The van der Waals surface area contributed by atoms with Gasteiger partial charge in [-0.15, -0.1) is 0 Å². The standard InChI is InChI=1S/C42H34N4O5.C10H14O3S.C8H10O2/c1-25-14-32-34(43-21-30-16-28-10-3-5-12-36(28)45(30)41(32)47)19-38(25)50-23-26-8-7-9-27(15-26)24-51-40-20-35-33(18-39(40)49-2)42(48)46-31(22-44-35)17-29-11-4-6-13-37(29)46;1-3-9-5-4-6-10(7-9)8-13-14(2,11)12;9-5-7-2-1-3-8(4-7)6-10/h3-15,18-22,30-31H,16-17,23-24H2,1-2H3;4-7H,3,8H2,1-2H3;1-4,9-10H,5-6H2/t30-,31-;;/m0../s1. The fourth-order valence-electron chi connectivity index (χ4n) is 9.46. The first-order chi connectivity index (χ1) is 36.3. The molecule has 0 saturated heterocycles. The second kappa shape index (κ2) is 23.1. The summed E-state index contributed by atoms with van der Waals surface area (Å²) in [6.07, 6.45) is 7.19. The number of aliphatic imine (C=N–C) groups is 2. The lowest BCUT2D eigenvalue weighted by Crippen LogP contribution is -2.37. The number of aliphatic hydroxyl groups is 2. The van der Waals surface area contributed by atoms with Gasteiger partial charge in [-0.25, -0.2) is 0 Å². The number of benzene rings is 7. The molecule has 2 atom stereocenters. The zero-order chi connectivity index (χ0) is 52.6. The maximum Gasteiger partial charge on any atom is 0.264 e. The van der Waals surface area contributed by atoms with Crippen LogP contribution in [-0.4, -0.2) is 68.3 Å². The van der Waals surface area contributed by atoms with Crippen molar-refractivity contribution in [3.63, 3.8) is 0 Å². The van der Waals surface area contributed by atoms with Crippen LogP contribution in [0.2, 0.25) is 0 Å². The molecule has 0 radical (unpaired) electrons. The Hall–Kier alpha value is -7.95. The van der Waals surface area contributed by atoms with Crippen molar-refractivity contribution in [1.82, 2.24) is 0 Å². The number of rotatable bonds is 13. The Morgan fingerprint density at radius 3 is 1.53 bits per heavy atom.